The first-order valence-electron chi connectivity index (χ1n) is 6.32. The number of rotatable bonds is 2. The molecule has 94 valence electrons. The van der Waals surface area contributed by atoms with Gasteiger partial charge in [-0.25, -0.2) is 0 Å². The summed E-state index contributed by atoms with van der Waals surface area (Å²) in [5.41, 5.74) is 6.48. The fraction of sp³-hybridized carbons (Fsp3) is 0.357. The minimum Gasteiger partial charge on any atom is -0.399 e. The van der Waals surface area contributed by atoms with Gasteiger partial charge in [0.2, 0.25) is 0 Å². The van der Waals surface area contributed by atoms with Crippen molar-refractivity contribution in [2.24, 2.45) is 0 Å². The van der Waals surface area contributed by atoms with Crippen molar-refractivity contribution in [1.29, 1.82) is 0 Å². The normalized spacial score (nSPS) is 16.2. The number of nitrogen functional groups attached to an aromatic ring is 1. The van der Waals surface area contributed by atoms with Crippen LogP contribution in [-0.2, 0) is 0 Å². The Hall–Kier alpha value is -1.55. The summed E-state index contributed by atoms with van der Waals surface area (Å²) < 4.78 is 1.11. The highest BCUT2D eigenvalue weighted by molar-refractivity contribution is 7.20. The van der Waals surface area contributed by atoms with Crippen molar-refractivity contribution < 1.29 is 4.79 Å². The van der Waals surface area contributed by atoms with Crippen molar-refractivity contribution in [1.82, 2.24) is 5.32 Å². The average Bonchev–Trinajstić information content (AvgIpc) is 2.96. The number of nitrogens with two attached hydrogens (primary N) is 1. The van der Waals surface area contributed by atoms with Crippen LogP contribution in [0, 0.1) is 0 Å². The number of carbonyl (C=O) groups excluding carboxylic acids is 1. The lowest BCUT2D eigenvalue weighted by Gasteiger charge is -2.10. The summed E-state index contributed by atoms with van der Waals surface area (Å²) >= 11 is 1.53. The van der Waals surface area contributed by atoms with E-state index < -0.39 is 0 Å². The topological polar surface area (TPSA) is 55.1 Å². The second-order valence-corrected chi connectivity index (χ2v) is 5.95. The van der Waals surface area contributed by atoms with E-state index in [1.54, 1.807) is 0 Å². The Bertz CT molecular complexity index is 584. The summed E-state index contributed by atoms with van der Waals surface area (Å²) in [4.78, 5) is 12.9. The Morgan fingerprint density at radius 3 is 2.83 bits per heavy atom. The predicted molar refractivity (Wildman–Crippen MR) is 76.0 cm³/mol. The fourth-order valence-electron chi connectivity index (χ4n) is 2.50. The van der Waals surface area contributed by atoms with Crippen LogP contribution in [0.5, 0.6) is 0 Å². The molecular formula is C14H16N2OS. The molecule has 1 amide bonds. The molecule has 3 N–H and O–H groups in total. The van der Waals surface area contributed by atoms with E-state index in [4.69, 9.17) is 5.73 Å². The Balaban J connectivity index is 1.82. The summed E-state index contributed by atoms with van der Waals surface area (Å²) in [7, 11) is 0. The van der Waals surface area contributed by atoms with Gasteiger partial charge < -0.3 is 11.1 Å². The molecule has 1 aliphatic carbocycles. The van der Waals surface area contributed by atoms with Gasteiger partial charge >= 0.3 is 0 Å². The molecule has 0 spiro atoms. The molecule has 1 aliphatic rings. The van der Waals surface area contributed by atoms with E-state index in [1.807, 2.05) is 24.3 Å². The zero-order chi connectivity index (χ0) is 12.5. The van der Waals surface area contributed by atoms with Crippen molar-refractivity contribution in [2.45, 2.75) is 31.7 Å². The fourth-order valence-corrected chi connectivity index (χ4v) is 3.45. The van der Waals surface area contributed by atoms with Gasteiger partial charge in [-0.15, -0.1) is 11.3 Å². The molecule has 0 aliphatic heterocycles. The van der Waals surface area contributed by atoms with Crippen molar-refractivity contribution in [3.63, 3.8) is 0 Å². The summed E-state index contributed by atoms with van der Waals surface area (Å²) in [6.07, 6.45) is 4.69. The molecule has 3 nitrogen and oxygen atoms in total. The molecule has 1 aromatic heterocycles. The van der Waals surface area contributed by atoms with Crippen molar-refractivity contribution in [2.75, 3.05) is 5.73 Å². The monoisotopic (exact) mass is 260 g/mol. The third-order valence-electron chi connectivity index (χ3n) is 3.45. The van der Waals surface area contributed by atoms with Crippen LogP contribution in [0.2, 0.25) is 0 Å². The minimum atomic E-state index is 0.0571. The minimum absolute atomic E-state index is 0.0571. The molecular weight excluding hydrogens is 244 g/mol. The number of hydrogen-bond acceptors (Lipinski definition) is 3. The van der Waals surface area contributed by atoms with Gasteiger partial charge in [-0.1, -0.05) is 12.8 Å². The Morgan fingerprint density at radius 1 is 1.28 bits per heavy atom. The summed E-state index contributed by atoms with van der Waals surface area (Å²) in [6, 6.07) is 8.06. The molecule has 0 saturated heterocycles. The van der Waals surface area contributed by atoms with Gasteiger partial charge in [-0.2, -0.15) is 0 Å². The second-order valence-electron chi connectivity index (χ2n) is 4.86. The number of nitrogens with one attached hydrogen (secondary N) is 1. The average molecular weight is 260 g/mol. The zero-order valence-electron chi connectivity index (χ0n) is 10.1. The lowest BCUT2D eigenvalue weighted by atomic mass is 10.2. The quantitative estimate of drug-likeness (QED) is 0.815. The molecule has 1 aromatic carbocycles. The molecule has 0 atom stereocenters. The van der Waals surface area contributed by atoms with Crippen LogP contribution in [-0.4, -0.2) is 11.9 Å². The standard InChI is InChI=1S/C14H16N2OS/c15-10-5-6-12-9(7-10)8-13(18-12)14(17)16-11-3-1-2-4-11/h5-8,11H,1-4,15H2,(H,16,17). The number of thiophene rings is 1. The molecule has 0 bridgehead atoms. The van der Waals surface area contributed by atoms with Crippen LogP contribution in [0.25, 0.3) is 10.1 Å². The predicted octanol–water partition coefficient (Wildman–Crippen LogP) is 3.16. The Morgan fingerprint density at radius 2 is 2.06 bits per heavy atom. The number of amides is 1. The third-order valence-corrected chi connectivity index (χ3v) is 4.57. The molecule has 1 saturated carbocycles. The summed E-state index contributed by atoms with van der Waals surface area (Å²) in [5, 5.41) is 4.16. The molecule has 1 heterocycles. The number of carbonyl (C=O) groups is 1. The first-order chi connectivity index (χ1) is 8.72. The maximum absolute atomic E-state index is 12.1. The second kappa shape index (κ2) is 4.61. The first-order valence-corrected chi connectivity index (χ1v) is 7.14. The van der Waals surface area contributed by atoms with Gasteiger partial charge in [0.15, 0.2) is 0 Å². The maximum Gasteiger partial charge on any atom is 0.261 e. The van der Waals surface area contributed by atoms with E-state index in [0.717, 1.165) is 33.5 Å². The maximum atomic E-state index is 12.1. The zero-order valence-corrected chi connectivity index (χ0v) is 10.9. The van der Waals surface area contributed by atoms with E-state index in [-0.39, 0.29) is 5.91 Å². The Labute approximate surface area is 110 Å². The highest BCUT2D eigenvalue weighted by Gasteiger charge is 2.19. The van der Waals surface area contributed by atoms with Gasteiger partial charge in [0.25, 0.3) is 5.91 Å². The van der Waals surface area contributed by atoms with E-state index >= 15 is 0 Å². The molecule has 2 aromatic rings. The molecule has 18 heavy (non-hydrogen) atoms. The van der Waals surface area contributed by atoms with Crippen molar-refractivity contribution >= 4 is 33.0 Å². The molecule has 1 fully saturated rings. The highest BCUT2D eigenvalue weighted by atomic mass is 32.1. The number of hydrogen-bond donors (Lipinski definition) is 2. The van der Waals surface area contributed by atoms with Crippen LogP contribution in [0.4, 0.5) is 5.69 Å². The van der Waals surface area contributed by atoms with Crippen LogP contribution in [0.15, 0.2) is 24.3 Å². The van der Waals surface area contributed by atoms with Gasteiger partial charge in [0.1, 0.15) is 0 Å². The van der Waals surface area contributed by atoms with Crippen LogP contribution in [0.1, 0.15) is 35.4 Å². The smallest absolute Gasteiger partial charge is 0.261 e. The molecule has 0 unspecified atom stereocenters. The largest absolute Gasteiger partial charge is 0.399 e. The third kappa shape index (κ3) is 2.20. The van der Waals surface area contributed by atoms with Gasteiger partial charge in [-0.05, 0) is 42.5 Å². The highest BCUT2D eigenvalue weighted by Crippen LogP contribution is 2.27. The Kier molecular flexibility index (Phi) is 2.96. The number of benzene rings is 1. The number of anilines is 1. The van der Waals surface area contributed by atoms with E-state index in [1.165, 1.54) is 24.2 Å². The van der Waals surface area contributed by atoms with Gasteiger partial charge in [0, 0.05) is 16.4 Å². The van der Waals surface area contributed by atoms with E-state index in [0.29, 0.717) is 6.04 Å². The van der Waals surface area contributed by atoms with Crippen LogP contribution < -0.4 is 11.1 Å². The summed E-state index contributed by atoms with van der Waals surface area (Å²) in [5.74, 6) is 0.0571. The molecule has 0 radical (unpaired) electrons. The molecule has 4 heteroatoms. The lowest BCUT2D eigenvalue weighted by molar-refractivity contribution is 0.0942. The SMILES string of the molecule is Nc1ccc2sc(C(=O)NC3CCCC3)cc2c1. The van der Waals surface area contributed by atoms with Crippen molar-refractivity contribution in [3.8, 4) is 0 Å². The van der Waals surface area contributed by atoms with Crippen molar-refractivity contribution in [3.05, 3.63) is 29.1 Å². The number of fused-ring (bicyclic) bond motifs is 1. The first kappa shape index (κ1) is 11.5. The van der Waals surface area contributed by atoms with E-state index in [9.17, 15) is 4.79 Å². The van der Waals surface area contributed by atoms with Crippen LogP contribution >= 0.6 is 11.3 Å². The van der Waals surface area contributed by atoms with Crippen LogP contribution in [0.3, 0.4) is 0 Å². The molecule has 3 rings (SSSR count). The van der Waals surface area contributed by atoms with Gasteiger partial charge in [0.05, 0.1) is 4.88 Å². The van der Waals surface area contributed by atoms with Gasteiger partial charge in [-0.3, -0.25) is 4.79 Å². The lowest BCUT2D eigenvalue weighted by Crippen LogP contribution is -2.31. The summed E-state index contributed by atoms with van der Waals surface area (Å²) in [6.45, 7) is 0. The van der Waals surface area contributed by atoms with E-state index in [2.05, 4.69) is 5.32 Å².